The number of benzene rings is 2. The first-order chi connectivity index (χ1) is 11.0. The molecule has 5 heteroatoms. The van der Waals surface area contributed by atoms with Gasteiger partial charge in [-0.3, -0.25) is 4.79 Å². The van der Waals surface area contributed by atoms with Gasteiger partial charge in [0.1, 0.15) is 11.3 Å². The fourth-order valence-corrected chi connectivity index (χ4v) is 2.19. The van der Waals surface area contributed by atoms with Gasteiger partial charge in [0, 0.05) is 25.7 Å². The molecule has 0 atom stereocenters. The first kappa shape index (κ1) is 15.0. The molecule has 0 N–H and O–H groups in total. The van der Waals surface area contributed by atoms with E-state index in [4.69, 9.17) is 4.52 Å². The topological polar surface area (TPSA) is 46.3 Å². The normalized spacial score (nSPS) is 11.3. The SMILES string of the molecule is CN(C)C(=O)C=Cc1ccc2noc(-c3ccc(F)cc3)c2c1. The van der Waals surface area contributed by atoms with Gasteiger partial charge in [0.25, 0.3) is 0 Å². The van der Waals surface area contributed by atoms with Gasteiger partial charge in [0.2, 0.25) is 5.91 Å². The van der Waals surface area contributed by atoms with E-state index in [1.54, 1.807) is 32.3 Å². The highest BCUT2D eigenvalue weighted by Crippen LogP contribution is 2.29. The van der Waals surface area contributed by atoms with Crippen LogP contribution in [0, 0.1) is 5.82 Å². The molecule has 3 rings (SSSR count). The number of likely N-dealkylation sites (N-methyl/N-ethyl adjacent to an activating group) is 1. The molecule has 0 spiro atoms. The smallest absolute Gasteiger partial charge is 0.246 e. The summed E-state index contributed by atoms with van der Waals surface area (Å²) in [5, 5.41) is 4.83. The molecular weight excluding hydrogens is 295 g/mol. The van der Waals surface area contributed by atoms with Crippen molar-refractivity contribution in [3.63, 3.8) is 0 Å². The van der Waals surface area contributed by atoms with Crippen molar-refractivity contribution in [1.82, 2.24) is 10.1 Å². The summed E-state index contributed by atoms with van der Waals surface area (Å²) in [5.41, 5.74) is 2.32. The Balaban J connectivity index is 2.00. The van der Waals surface area contributed by atoms with Crippen molar-refractivity contribution in [2.75, 3.05) is 14.1 Å². The van der Waals surface area contributed by atoms with Gasteiger partial charge in [-0.2, -0.15) is 0 Å². The zero-order valence-electron chi connectivity index (χ0n) is 12.8. The highest BCUT2D eigenvalue weighted by Gasteiger charge is 2.11. The molecule has 1 amide bonds. The lowest BCUT2D eigenvalue weighted by Gasteiger charge is -2.05. The number of carbonyl (C=O) groups excluding carboxylic acids is 1. The van der Waals surface area contributed by atoms with E-state index in [9.17, 15) is 9.18 Å². The molecular formula is C18H15FN2O2. The zero-order chi connectivity index (χ0) is 16.4. The van der Waals surface area contributed by atoms with Crippen molar-refractivity contribution in [1.29, 1.82) is 0 Å². The Morgan fingerprint density at radius 1 is 1.17 bits per heavy atom. The van der Waals surface area contributed by atoms with Gasteiger partial charge >= 0.3 is 0 Å². The van der Waals surface area contributed by atoms with E-state index in [2.05, 4.69) is 5.16 Å². The molecule has 0 unspecified atom stereocenters. The van der Waals surface area contributed by atoms with Crippen molar-refractivity contribution in [3.8, 4) is 11.3 Å². The Labute approximate surface area is 132 Å². The summed E-state index contributed by atoms with van der Waals surface area (Å²) in [4.78, 5) is 13.1. The van der Waals surface area contributed by atoms with Crippen LogP contribution in [0.3, 0.4) is 0 Å². The molecule has 0 bridgehead atoms. The quantitative estimate of drug-likeness (QED) is 0.692. The van der Waals surface area contributed by atoms with E-state index < -0.39 is 0 Å². The molecule has 23 heavy (non-hydrogen) atoms. The number of aromatic nitrogens is 1. The van der Waals surface area contributed by atoms with E-state index in [0.717, 1.165) is 16.5 Å². The number of hydrogen-bond donors (Lipinski definition) is 0. The second-order valence-corrected chi connectivity index (χ2v) is 5.36. The summed E-state index contributed by atoms with van der Waals surface area (Å²) < 4.78 is 18.4. The third-order valence-electron chi connectivity index (χ3n) is 3.47. The highest BCUT2D eigenvalue weighted by molar-refractivity contribution is 5.95. The van der Waals surface area contributed by atoms with Crippen molar-refractivity contribution in [2.24, 2.45) is 0 Å². The van der Waals surface area contributed by atoms with Gasteiger partial charge in [-0.05, 0) is 48.0 Å². The Hall–Kier alpha value is -2.95. The lowest BCUT2D eigenvalue weighted by atomic mass is 10.1. The second kappa shape index (κ2) is 6.04. The first-order valence-corrected chi connectivity index (χ1v) is 7.09. The van der Waals surface area contributed by atoms with E-state index in [-0.39, 0.29) is 11.7 Å². The monoisotopic (exact) mass is 310 g/mol. The summed E-state index contributed by atoms with van der Waals surface area (Å²) in [6.07, 6.45) is 3.25. The van der Waals surface area contributed by atoms with Crippen LogP contribution in [-0.2, 0) is 4.79 Å². The summed E-state index contributed by atoms with van der Waals surface area (Å²) in [6, 6.07) is 11.6. The Morgan fingerprint density at radius 2 is 1.91 bits per heavy atom. The molecule has 1 heterocycles. The minimum atomic E-state index is -0.302. The Bertz CT molecular complexity index is 880. The van der Waals surface area contributed by atoms with Crippen LogP contribution < -0.4 is 0 Å². The van der Waals surface area contributed by atoms with Crippen LogP contribution in [0.2, 0.25) is 0 Å². The van der Waals surface area contributed by atoms with Crippen LogP contribution in [0.4, 0.5) is 4.39 Å². The van der Waals surface area contributed by atoms with Gasteiger partial charge in [-0.1, -0.05) is 11.2 Å². The standard InChI is InChI=1S/C18H15FN2O2/c1-21(2)17(22)10-4-12-3-9-16-15(11-12)18(23-20-16)13-5-7-14(19)8-6-13/h3-11H,1-2H3. The number of halogens is 1. The number of rotatable bonds is 3. The summed E-state index contributed by atoms with van der Waals surface area (Å²) in [6.45, 7) is 0. The molecule has 2 aromatic carbocycles. The van der Waals surface area contributed by atoms with Crippen molar-refractivity contribution in [3.05, 3.63) is 59.9 Å². The largest absolute Gasteiger partial charge is 0.355 e. The molecule has 0 saturated heterocycles. The minimum Gasteiger partial charge on any atom is -0.355 e. The van der Waals surface area contributed by atoms with Crippen LogP contribution in [0.5, 0.6) is 0 Å². The van der Waals surface area contributed by atoms with Gasteiger partial charge in [-0.25, -0.2) is 4.39 Å². The average Bonchev–Trinajstić information content (AvgIpc) is 2.96. The van der Waals surface area contributed by atoms with Crippen LogP contribution in [0.15, 0.2) is 53.1 Å². The predicted molar refractivity (Wildman–Crippen MR) is 87.1 cm³/mol. The van der Waals surface area contributed by atoms with E-state index >= 15 is 0 Å². The third-order valence-corrected chi connectivity index (χ3v) is 3.47. The van der Waals surface area contributed by atoms with Crippen LogP contribution in [0.1, 0.15) is 5.56 Å². The molecule has 0 aliphatic carbocycles. The third kappa shape index (κ3) is 3.13. The highest BCUT2D eigenvalue weighted by atomic mass is 19.1. The Kier molecular flexibility index (Phi) is 3.93. The first-order valence-electron chi connectivity index (χ1n) is 7.09. The van der Waals surface area contributed by atoms with Crippen LogP contribution in [-0.4, -0.2) is 30.1 Å². The summed E-state index contributed by atoms with van der Waals surface area (Å²) in [5.74, 6) is 0.187. The number of fused-ring (bicyclic) bond motifs is 1. The van der Waals surface area contributed by atoms with Gasteiger partial charge in [0.05, 0.1) is 5.39 Å². The maximum absolute atomic E-state index is 13.1. The minimum absolute atomic E-state index is 0.0887. The maximum Gasteiger partial charge on any atom is 0.246 e. The number of hydrogen-bond acceptors (Lipinski definition) is 3. The Morgan fingerprint density at radius 3 is 2.61 bits per heavy atom. The average molecular weight is 310 g/mol. The molecule has 0 aliphatic rings. The second-order valence-electron chi connectivity index (χ2n) is 5.36. The van der Waals surface area contributed by atoms with Crippen LogP contribution >= 0.6 is 0 Å². The lowest BCUT2D eigenvalue weighted by Crippen LogP contribution is -2.18. The van der Waals surface area contributed by atoms with Crippen molar-refractivity contribution < 1.29 is 13.7 Å². The molecule has 4 nitrogen and oxygen atoms in total. The fourth-order valence-electron chi connectivity index (χ4n) is 2.19. The number of amides is 1. The van der Waals surface area contributed by atoms with E-state index in [1.807, 2.05) is 18.2 Å². The van der Waals surface area contributed by atoms with E-state index in [1.165, 1.54) is 23.1 Å². The molecule has 0 aliphatic heterocycles. The van der Waals surface area contributed by atoms with Gasteiger partial charge in [-0.15, -0.1) is 0 Å². The van der Waals surface area contributed by atoms with Gasteiger partial charge in [0.15, 0.2) is 5.76 Å². The molecule has 0 saturated carbocycles. The number of nitrogens with zero attached hydrogens (tertiary/aromatic N) is 2. The van der Waals surface area contributed by atoms with Crippen molar-refractivity contribution >= 4 is 22.9 Å². The zero-order valence-corrected chi connectivity index (χ0v) is 12.8. The van der Waals surface area contributed by atoms with E-state index in [0.29, 0.717) is 11.3 Å². The predicted octanol–water partition coefficient (Wildman–Crippen LogP) is 3.74. The molecule has 0 fully saturated rings. The van der Waals surface area contributed by atoms with Gasteiger partial charge < -0.3 is 9.42 Å². The molecule has 0 radical (unpaired) electrons. The van der Waals surface area contributed by atoms with Crippen molar-refractivity contribution in [2.45, 2.75) is 0 Å². The molecule has 1 aromatic heterocycles. The fraction of sp³-hybridized carbons (Fsp3) is 0.111. The maximum atomic E-state index is 13.1. The summed E-state index contributed by atoms with van der Waals surface area (Å²) in [7, 11) is 3.39. The number of carbonyl (C=O) groups is 1. The lowest BCUT2D eigenvalue weighted by molar-refractivity contribution is -0.123. The molecule has 116 valence electrons. The van der Waals surface area contributed by atoms with Crippen LogP contribution in [0.25, 0.3) is 28.3 Å². The summed E-state index contributed by atoms with van der Waals surface area (Å²) >= 11 is 0. The molecule has 3 aromatic rings.